The Balaban J connectivity index is 2.56. The van der Waals surface area contributed by atoms with Crippen LogP contribution in [0.2, 0.25) is 0 Å². The van der Waals surface area contributed by atoms with Gasteiger partial charge in [-0.2, -0.15) is 0 Å². The van der Waals surface area contributed by atoms with Crippen LogP contribution >= 0.6 is 15.9 Å². The van der Waals surface area contributed by atoms with E-state index in [1.165, 1.54) is 5.56 Å². The van der Waals surface area contributed by atoms with Crippen LogP contribution in [0.3, 0.4) is 0 Å². The summed E-state index contributed by atoms with van der Waals surface area (Å²) in [5.74, 6) is 0.192. The van der Waals surface area contributed by atoms with E-state index in [9.17, 15) is 4.79 Å². The van der Waals surface area contributed by atoms with E-state index in [0.717, 1.165) is 10.0 Å². The van der Waals surface area contributed by atoms with Gasteiger partial charge in [-0.15, -0.1) is 0 Å². The fourth-order valence-electron chi connectivity index (χ4n) is 1.85. The Morgan fingerprint density at radius 2 is 2.21 bits per heavy atom. The van der Waals surface area contributed by atoms with Crippen LogP contribution in [0.15, 0.2) is 22.7 Å². The number of halogens is 1. The molecule has 1 aliphatic rings. The Morgan fingerprint density at radius 1 is 1.50 bits per heavy atom. The highest BCUT2D eigenvalue weighted by Gasteiger charge is 2.27. The Kier molecular flexibility index (Phi) is 2.35. The molecule has 0 fully saturated rings. The van der Waals surface area contributed by atoms with Crippen LogP contribution in [0, 0.1) is 0 Å². The van der Waals surface area contributed by atoms with Gasteiger partial charge in [-0.1, -0.05) is 28.1 Å². The molecule has 1 amide bonds. The summed E-state index contributed by atoms with van der Waals surface area (Å²) in [6.07, 6.45) is 0.512. The molecule has 2 rings (SSSR count). The van der Waals surface area contributed by atoms with Crippen molar-refractivity contribution in [3.05, 3.63) is 33.8 Å². The van der Waals surface area contributed by atoms with Crippen molar-refractivity contribution in [2.24, 2.45) is 0 Å². The average Bonchev–Trinajstić information content (AvgIpc) is 2.17. The molecule has 74 valence electrons. The minimum Gasteiger partial charge on any atom is -0.339 e. The smallest absolute Gasteiger partial charge is 0.227 e. The molecule has 0 bridgehead atoms. The van der Waals surface area contributed by atoms with Gasteiger partial charge >= 0.3 is 0 Å². The van der Waals surface area contributed by atoms with E-state index in [1.54, 1.807) is 4.90 Å². The SMILES string of the molecule is CC1c2cccc(Br)c2CC(=O)N1C. The van der Waals surface area contributed by atoms with Crippen LogP contribution < -0.4 is 0 Å². The molecular formula is C11H12BrNO. The number of likely N-dealkylation sites (N-methyl/N-ethyl adjacent to an activating group) is 1. The molecular weight excluding hydrogens is 242 g/mol. The molecule has 0 saturated carbocycles. The highest BCUT2D eigenvalue weighted by molar-refractivity contribution is 9.10. The van der Waals surface area contributed by atoms with Crippen LogP contribution in [0.25, 0.3) is 0 Å². The van der Waals surface area contributed by atoms with Gasteiger partial charge in [0.2, 0.25) is 5.91 Å². The third-order valence-electron chi connectivity index (χ3n) is 2.91. The van der Waals surface area contributed by atoms with Gasteiger partial charge in [0.25, 0.3) is 0 Å². The minimum absolute atomic E-state index is 0.184. The van der Waals surface area contributed by atoms with Gasteiger partial charge in [-0.05, 0) is 24.1 Å². The summed E-state index contributed by atoms with van der Waals surface area (Å²) in [7, 11) is 1.86. The molecule has 1 atom stereocenters. The standard InChI is InChI=1S/C11H12BrNO/c1-7-8-4-3-5-10(12)9(8)6-11(14)13(7)2/h3-5,7H,6H2,1-2H3. The Hall–Kier alpha value is -0.830. The number of benzene rings is 1. The van der Waals surface area contributed by atoms with Crippen molar-refractivity contribution in [2.75, 3.05) is 7.05 Å². The van der Waals surface area contributed by atoms with E-state index in [4.69, 9.17) is 0 Å². The number of nitrogens with zero attached hydrogens (tertiary/aromatic N) is 1. The number of amides is 1. The Labute approximate surface area is 92.0 Å². The van der Waals surface area contributed by atoms with E-state index in [-0.39, 0.29) is 11.9 Å². The fourth-order valence-corrected chi connectivity index (χ4v) is 2.38. The Bertz CT molecular complexity index is 389. The lowest BCUT2D eigenvalue weighted by Crippen LogP contribution is -2.35. The zero-order valence-corrected chi connectivity index (χ0v) is 9.84. The van der Waals surface area contributed by atoms with E-state index in [2.05, 4.69) is 28.9 Å². The summed E-state index contributed by atoms with van der Waals surface area (Å²) < 4.78 is 1.04. The average molecular weight is 254 g/mol. The maximum atomic E-state index is 11.6. The number of carbonyl (C=O) groups is 1. The molecule has 1 aromatic carbocycles. The van der Waals surface area contributed by atoms with E-state index in [1.807, 2.05) is 19.2 Å². The van der Waals surface area contributed by atoms with Crippen LogP contribution in [0.1, 0.15) is 24.1 Å². The normalized spacial score (nSPS) is 20.9. The van der Waals surface area contributed by atoms with Gasteiger partial charge in [0.1, 0.15) is 0 Å². The number of hydrogen-bond acceptors (Lipinski definition) is 1. The number of hydrogen-bond donors (Lipinski definition) is 0. The molecule has 0 aromatic heterocycles. The summed E-state index contributed by atoms with van der Waals surface area (Å²) in [5, 5.41) is 0. The van der Waals surface area contributed by atoms with Gasteiger partial charge in [0.15, 0.2) is 0 Å². The second kappa shape index (κ2) is 3.39. The number of carbonyl (C=O) groups excluding carboxylic acids is 1. The van der Waals surface area contributed by atoms with Crippen molar-refractivity contribution in [2.45, 2.75) is 19.4 Å². The van der Waals surface area contributed by atoms with Crippen molar-refractivity contribution < 1.29 is 4.79 Å². The van der Waals surface area contributed by atoms with E-state index < -0.39 is 0 Å². The van der Waals surface area contributed by atoms with Crippen LogP contribution in [0.5, 0.6) is 0 Å². The lowest BCUT2D eigenvalue weighted by Gasteiger charge is -2.32. The zero-order valence-electron chi connectivity index (χ0n) is 8.25. The highest BCUT2D eigenvalue weighted by atomic mass is 79.9. The minimum atomic E-state index is 0.184. The summed E-state index contributed by atoms with van der Waals surface area (Å²) >= 11 is 3.49. The maximum Gasteiger partial charge on any atom is 0.227 e. The second-order valence-corrected chi connectivity index (χ2v) is 4.52. The molecule has 2 nitrogen and oxygen atoms in total. The van der Waals surface area contributed by atoms with Crippen LogP contribution in [0.4, 0.5) is 0 Å². The third kappa shape index (κ3) is 1.36. The first kappa shape index (κ1) is 9.71. The molecule has 0 saturated heterocycles. The lowest BCUT2D eigenvalue weighted by atomic mass is 9.94. The first-order valence-electron chi connectivity index (χ1n) is 4.64. The highest BCUT2D eigenvalue weighted by Crippen LogP contribution is 2.32. The topological polar surface area (TPSA) is 20.3 Å². The largest absolute Gasteiger partial charge is 0.339 e. The van der Waals surface area contributed by atoms with Crippen molar-refractivity contribution in [3.63, 3.8) is 0 Å². The molecule has 1 heterocycles. The predicted molar refractivity (Wildman–Crippen MR) is 59.0 cm³/mol. The van der Waals surface area contributed by atoms with Crippen molar-refractivity contribution in [3.8, 4) is 0 Å². The molecule has 1 aromatic rings. The summed E-state index contributed by atoms with van der Waals surface area (Å²) in [4.78, 5) is 13.4. The first-order valence-corrected chi connectivity index (χ1v) is 5.43. The van der Waals surface area contributed by atoms with Gasteiger partial charge in [0.05, 0.1) is 12.5 Å². The third-order valence-corrected chi connectivity index (χ3v) is 3.65. The van der Waals surface area contributed by atoms with Crippen molar-refractivity contribution >= 4 is 21.8 Å². The lowest BCUT2D eigenvalue weighted by molar-refractivity contribution is -0.132. The van der Waals surface area contributed by atoms with E-state index in [0.29, 0.717) is 6.42 Å². The van der Waals surface area contributed by atoms with Crippen LogP contribution in [-0.4, -0.2) is 17.9 Å². The zero-order chi connectivity index (χ0) is 10.3. The number of rotatable bonds is 0. The molecule has 0 spiro atoms. The van der Waals surface area contributed by atoms with Gasteiger partial charge < -0.3 is 4.90 Å². The van der Waals surface area contributed by atoms with Crippen LogP contribution in [-0.2, 0) is 11.2 Å². The van der Waals surface area contributed by atoms with Gasteiger partial charge in [0, 0.05) is 11.5 Å². The van der Waals surface area contributed by atoms with Gasteiger partial charge in [-0.3, -0.25) is 4.79 Å². The molecule has 0 N–H and O–H groups in total. The quantitative estimate of drug-likeness (QED) is 0.696. The first-order chi connectivity index (χ1) is 6.61. The summed E-state index contributed by atoms with van der Waals surface area (Å²) in [6.45, 7) is 2.06. The summed E-state index contributed by atoms with van der Waals surface area (Å²) in [5.41, 5.74) is 2.39. The number of fused-ring (bicyclic) bond motifs is 1. The van der Waals surface area contributed by atoms with E-state index >= 15 is 0 Å². The fraction of sp³-hybridized carbons (Fsp3) is 0.364. The molecule has 1 unspecified atom stereocenters. The Morgan fingerprint density at radius 3 is 2.93 bits per heavy atom. The van der Waals surface area contributed by atoms with Crippen molar-refractivity contribution in [1.29, 1.82) is 0 Å². The monoisotopic (exact) mass is 253 g/mol. The van der Waals surface area contributed by atoms with Gasteiger partial charge in [-0.25, -0.2) is 0 Å². The molecule has 3 heteroatoms. The molecule has 0 aliphatic carbocycles. The molecule has 14 heavy (non-hydrogen) atoms. The molecule has 0 radical (unpaired) electrons. The summed E-state index contributed by atoms with van der Waals surface area (Å²) in [6, 6.07) is 6.28. The predicted octanol–water partition coefficient (Wildman–Crippen LogP) is 2.52. The van der Waals surface area contributed by atoms with Crippen molar-refractivity contribution in [1.82, 2.24) is 4.90 Å². The maximum absolute atomic E-state index is 11.6. The molecule has 1 aliphatic heterocycles. The second-order valence-electron chi connectivity index (χ2n) is 3.67.